The van der Waals surface area contributed by atoms with Gasteiger partial charge < -0.3 is 31.9 Å². The van der Waals surface area contributed by atoms with Crippen LogP contribution in [0.2, 0.25) is 0 Å². The fraction of sp³-hybridized carbons (Fsp3) is 0.400. The van der Waals surface area contributed by atoms with Gasteiger partial charge in [-0.2, -0.15) is 0 Å². The molecule has 0 aliphatic carbocycles. The lowest BCUT2D eigenvalue weighted by Gasteiger charge is -2.26. The predicted octanol–water partition coefficient (Wildman–Crippen LogP) is 1.53. The second kappa shape index (κ2) is 12.8. The Morgan fingerprint density at radius 2 is 1.80 bits per heavy atom. The van der Waals surface area contributed by atoms with Crippen LogP contribution in [0.5, 0.6) is 5.75 Å². The number of carbonyl (C=O) groups is 3. The molecule has 0 aromatic heterocycles. The van der Waals surface area contributed by atoms with Crippen molar-refractivity contribution in [2.24, 2.45) is 11.5 Å². The lowest BCUT2D eigenvalue weighted by molar-refractivity contribution is -0.145. The topological polar surface area (TPSA) is 159 Å². The summed E-state index contributed by atoms with van der Waals surface area (Å²) in [5.74, 6) is -2.68. The summed E-state index contributed by atoms with van der Waals surface area (Å²) in [6.07, 6.45) is 0.654. The normalized spacial score (nSPS) is 12.6. The molecule has 0 saturated carbocycles. The van der Waals surface area contributed by atoms with Crippen LogP contribution in [0.3, 0.4) is 0 Å². The minimum absolute atomic E-state index is 0.0178. The first-order chi connectivity index (χ1) is 16.6. The van der Waals surface area contributed by atoms with E-state index in [1.54, 1.807) is 38.1 Å². The molecule has 0 aliphatic heterocycles. The number of hydrogen-bond acceptors (Lipinski definition) is 6. The Bertz CT molecular complexity index is 1060. The zero-order chi connectivity index (χ0) is 26.1. The second-order valence-corrected chi connectivity index (χ2v) is 8.36. The molecule has 2 atom stereocenters. The molecule has 2 amide bonds. The van der Waals surface area contributed by atoms with Crippen molar-refractivity contribution in [1.82, 2.24) is 10.2 Å². The summed E-state index contributed by atoms with van der Waals surface area (Å²) < 4.78 is 13.6. The van der Waals surface area contributed by atoms with E-state index in [4.69, 9.17) is 16.6 Å². The molecule has 2 aromatic rings. The Hall–Kier alpha value is -3.50. The molecule has 0 aliphatic rings. The predicted molar refractivity (Wildman–Crippen MR) is 130 cm³/mol. The molecular formula is C25H33FN4O5. The van der Waals surface area contributed by atoms with Crippen LogP contribution in [-0.4, -0.2) is 64.6 Å². The molecule has 190 valence electrons. The molecule has 0 bridgehead atoms. The first-order valence-electron chi connectivity index (χ1n) is 11.4. The number of aryl methyl sites for hydroxylation is 1. The van der Waals surface area contributed by atoms with Gasteiger partial charge in [0.1, 0.15) is 24.2 Å². The van der Waals surface area contributed by atoms with Gasteiger partial charge in [-0.05, 0) is 79.8 Å². The standard InChI is InChI=1S/C25H33FN4O5/c1-3-30(14-23(32)33)25(35)21(5-4-10-27)29-24(34)20(28)13-18-12-17(7-9-22(18)31)16-6-8-19(26)15(2)11-16/h6-9,11-12,20-21,31H,3-5,10,13-14,27-28H2,1-2H3,(H,29,34)(H,32,33)/t20-,21-/m0/s1. The van der Waals surface area contributed by atoms with E-state index in [-0.39, 0.29) is 31.0 Å². The average Bonchev–Trinajstić information content (AvgIpc) is 2.82. The van der Waals surface area contributed by atoms with Gasteiger partial charge in [0.25, 0.3) is 0 Å². The van der Waals surface area contributed by atoms with Crippen LogP contribution in [0.25, 0.3) is 11.1 Å². The zero-order valence-electron chi connectivity index (χ0n) is 20.0. The maximum absolute atomic E-state index is 13.6. The van der Waals surface area contributed by atoms with Gasteiger partial charge in [-0.3, -0.25) is 14.4 Å². The third-order valence-corrected chi connectivity index (χ3v) is 5.68. The van der Waals surface area contributed by atoms with E-state index in [9.17, 15) is 23.9 Å². The van der Waals surface area contributed by atoms with Crippen molar-refractivity contribution in [1.29, 1.82) is 0 Å². The fourth-order valence-electron chi connectivity index (χ4n) is 3.67. The summed E-state index contributed by atoms with van der Waals surface area (Å²) >= 11 is 0. The van der Waals surface area contributed by atoms with Crippen molar-refractivity contribution in [3.8, 4) is 16.9 Å². The van der Waals surface area contributed by atoms with Gasteiger partial charge in [0.2, 0.25) is 11.8 Å². The van der Waals surface area contributed by atoms with Crippen LogP contribution in [0, 0.1) is 12.7 Å². The number of rotatable bonds is 12. The van der Waals surface area contributed by atoms with E-state index < -0.39 is 36.4 Å². The van der Waals surface area contributed by atoms with Crippen molar-refractivity contribution >= 4 is 17.8 Å². The van der Waals surface area contributed by atoms with Crippen molar-refractivity contribution < 1.29 is 29.0 Å². The Morgan fingerprint density at radius 1 is 1.14 bits per heavy atom. The third-order valence-electron chi connectivity index (χ3n) is 5.68. The van der Waals surface area contributed by atoms with E-state index in [0.29, 0.717) is 24.1 Å². The van der Waals surface area contributed by atoms with Crippen LogP contribution in [0.4, 0.5) is 4.39 Å². The van der Waals surface area contributed by atoms with Gasteiger partial charge in [-0.25, -0.2) is 4.39 Å². The molecule has 0 saturated heterocycles. The Labute approximate surface area is 203 Å². The van der Waals surface area contributed by atoms with E-state index in [2.05, 4.69) is 5.32 Å². The number of carbonyl (C=O) groups excluding carboxylic acids is 2. The number of nitrogens with zero attached hydrogens (tertiary/aromatic N) is 1. The lowest BCUT2D eigenvalue weighted by Crippen LogP contribution is -2.53. The van der Waals surface area contributed by atoms with Gasteiger partial charge in [0.15, 0.2) is 0 Å². The van der Waals surface area contributed by atoms with Crippen molar-refractivity contribution in [3.63, 3.8) is 0 Å². The minimum atomic E-state index is -1.16. The summed E-state index contributed by atoms with van der Waals surface area (Å²) in [6.45, 7) is 3.27. The summed E-state index contributed by atoms with van der Waals surface area (Å²) in [4.78, 5) is 37.9. The second-order valence-electron chi connectivity index (χ2n) is 8.36. The molecule has 9 nitrogen and oxygen atoms in total. The number of carboxylic acid groups (broad SMARTS) is 1. The van der Waals surface area contributed by atoms with E-state index in [1.165, 1.54) is 12.1 Å². The van der Waals surface area contributed by atoms with Gasteiger partial charge in [0, 0.05) is 13.0 Å². The number of aliphatic carboxylic acids is 1. The number of phenolic OH excluding ortho intramolecular Hbond substituents is 1. The van der Waals surface area contributed by atoms with Crippen LogP contribution in [-0.2, 0) is 20.8 Å². The fourth-order valence-corrected chi connectivity index (χ4v) is 3.67. The molecule has 0 spiro atoms. The Morgan fingerprint density at radius 3 is 2.40 bits per heavy atom. The van der Waals surface area contributed by atoms with E-state index in [1.807, 2.05) is 0 Å². The number of hydrogen-bond donors (Lipinski definition) is 5. The summed E-state index contributed by atoms with van der Waals surface area (Å²) in [5, 5.41) is 22.0. The highest BCUT2D eigenvalue weighted by Gasteiger charge is 2.28. The van der Waals surface area contributed by atoms with Gasteiger partial charge >= 0.3 is 5.97 Å². The average molecular weight is 489 g/mol. The maximum atomic E-state index is 13.6. The van der Waals surface area contributed by atoms with Crippen LogP contribution >= 0.6 is 0 Å². The van der Waals surface area contributed by atoms with Crippen LogP contribution in [0.15, 0.2) is 36.4 Å². The number of aromatic hydroxyl groups is 1. The van der Waals surface area contributed by atoms with Gasteiger partial charge in [-0.15, -0.1) is 0 Å². The molecule has 2 rings (SSSR count). The minimum Gasteiger partial charge on any atom is -0.508 e. The molecule has 0 heterocycles. The van der Waals surface area contributed by atoms with E-state index in [0.717, 1.165) is 16.0 Å². The monoisotopic (exact) mass is 488 g/mol. The quantitative estimate of drug-likeness (QED) is 0.303. The van der Waals surface area contributed by atoms with Gasteiger partial charge in [0.05, 0.1) is 6.04 Å². The number of nitrogens with two attached hydrogens (primary N) is 2. The molecule has 2 aromatic carbocycles. The molecule has 0 radical (unpaired) electrons. The largest absolute Gasteiger partial charge is 0.508 e. The molecular weight excluding hydrogens is 455 g/mol. The van der Waals surface area contributed by atoms with Crippen molar-refractivity contribution in [3.05, 3.63) is 53.3 Å². The first-order valence-corrected chi connectivity index (χ1v) is 11.4. The SMILES string of the molecule is CCN(CC(=O)O)C(=O)[C@H](CCCN)NC(=O)[C@@H](N)Cc1cc(-c2ccc(F)c(C)c2)ccc1O. The van der Waals surface area contributed by atoms with Crippen molar-refractivity contribution in [2.45, 2.75) is 45.2 Å². The molecule has 35 heavy (non-hydrogen) atoms. The van der Waals surface area contributed by atoms with Crippen LogP contribution < -0.4 is 16.8 Å². The third kappa shape index (κ3) is 7.76. The van der Waals surface area contributed by atoms with Crippen LogP contribution in [0.1, 0.15) is 30.9 Å². The molecule has 0 fully saturated rings. The number of likely N-dealkylation sites (N-methyl/N-ethyl adjacent to an activating group) is 1. The molecule has 0 unspecified atom stereocenters. The number of benzene rings is 2. The highest BCUT2D eigenvalue weighted by atomic mass is 19.1. The van der Waals surface area contributed by atoms with E-state index >= 15 is 0 Å². The Balaban J connectivity index is 2.17. The lowest BCUT2D eigenvalue weighted by atomic mass is 9.97. The van der Waals surface area contributed by atoms with Gasteiger partial charge in [-0.1, -0.05) is 12.1 Å². The number of nitrogens with one attached hydrogen (secondary N) is 1. The first kappa shape index (κ1) is 27.7. The zero-order valence-corrected chi connectivity index (χ0v) is 20.0. The Kier molecular flexibility index (Phi) is 10.2. The number of halogens is 1. The maximum Gasteiger partial charge on any atom is 0.323 e. The smallest absolute Gasteiger partial charge is 0.323 e. The summed E-state index contributed by atoms with van der Waals surface area (Å²) in [6, 6.07) is 7.44. The molecule has 7 N–H and O–H groups in total. The molecule has 10 heteroatoms. The van der Waals surface area contributed by atoms with Crippen molar-refractivity contribution in [2.75, 3.05) is 19.6 Å². The summed E-state index contributed by atoms with van der Waals surface area (Å²) in [5.41, 5.74) is 14.0. The number of phenols is 1. The number of carboxylic acids is 1. The summed E-state index contributed by atoms with van der Waals surface area (Å²) in [7, 11) is 0. The highest BCUT2D eigenvalue weighted by Crippen LogP contribution is 2.28. The highest BCUT2D eigenvalue weighted by molar-refractivity contribution is 5.91. The number of amides is 2.